The van der Waals surface area contributed by atoms with E-state index in [1.54, 1.807) is 6.92 Å². The molecule has 1 fully saturated rings. The molecule has 6 heteroatoms. The first-order valence-corrected chi connectivity index (χ1v) is 11.9. The van der Waals surface area contributed by atoms with Crippen molar-refractivity contribution in [1.29, 1.82) is 0 Å². The minimum atomic E-state index is -3.72. The lowest BCUT2D eigenvalue weighted by atomic mass is 9.82. The van der Waals surface area contributed by atoms with Crippen molar-refractivity contribution in [3.05, 3.63) is 93.0 Å². The Morgan fingerprint density at radius 3 is 1.91 bits per heavy atom. The standard InChI is InChI=1S/C29H28F6/c1-16-9-21(20-7-5-4-6-8-20)13-25(32)27(16)22-10-17(2)28(26(33)14-22)29(34,35)15-19-11-23(30)18(3)24(31)12-19/h9-14,20H,4-8,15H2,1-3H3. The van der Waals surface area contributed by atoms with Gasteiger partial charge < -0.3 is 0 Å². The molecule has 0 N–H and O–H groups in total. The average Bonchev–Trinajstić information content (AvgIpc) is 2.76. The SMILES string of the molecule is Cc1cc(C2CCCCC2)cc(F)c1-c1cc(C)c(C(F)(F)Cc2cc(F)c(C)c(F)c2)c(F)c1. The Morgan fingerprint density at radius 1 is 0.714 bits per heavy atom. The van der Waals surface area contributed by atoms with Crippen molar-refractivity contribution in [2.24, 2.45) is 0 Å². The predicted molar refractivity (Wildman–Crippen MR) is 126 cm³/mol. The highest BCUT2D eigenvalue weighted by Gasteiger charge is 2.37. The molecule has 0 saturated heterocycles. The van der Waals surface area contributed by atoms with Crippen LogP contribution in [0.5, 0.6) is 0 Å². The van der Waals surface area contributed by atoms with Crippen LogP contribution in [0.4, 0.5) is 26.3 Å². The summed E-state index contributed by atoms with van der Waals surface area (Å²) in [6.45, 7) is 4.27. The second kappa shape index (κ2) is 9.71. The van der Waals surface area contributed by atoms with Crippen molar-refractivity contribution in [3.63, 3.8) is 0 Å². The highest BCUT2D eigenvalue weighted by atomic mass is 19.3. The molecule has 3 aromatic rings. The zero-order valence-corrected chi connectivity index (χ0v) is 20.1. The van der Waals surface area contributed by atoms with Crippen LogP contribution >= 0.6 is 0 Å². The van der Waals surface area contributed by atoms with Gasteiger partial charge in [-0.3, -0.25) is 0 Å². The van der Waals surface area contributed by atoms with Crippen molar-refractivity contribution in [2.45, 2.75) is 71.1 Å². The van der Waals surface area contributed by atoms with Gasteiger partial charge in [0.2, 0.25) is 0 Å². The number of hydrogen-bond donors (Lipinski definition) is 0. The molecule has 0 radical (unpaired) electrons. The first kappa shape index (κ1) is 25.3. The number of hydrogen-bond acceptors (Lipinski definition) is 0. The van der Waals surface area contributed by atoms with Crippen LogP contribution in [0.1, 0.15) is 71.4 Å². The Balaban J connectivity index is 1.68. The number of rotatable bonds is 5. The van der Waals surface area contributed by atoms with Crippen LogP contribution in [0.3, 0.4) is 0 Å². The van der Waals surface area contributed by atoms with Crippen molar-refractivity contribution < 1.29 is 26.3 Å². The lowest BCUT2D eigenvalue weighted by Crippen LogP contribution is -2.21. The van der Waals surface area contributed by atoms with Gasteiger partial charge in [-0.15, -0.1) is 0 Å². The summed E-state index contributed by atoms with van der Waals surface area (Å²) >= 11 is 0. The van der Waals surface area contributed by atoms with E-state index >= 15 is 17.6 Å². The molecular formula is C29H28F6. The normalized spacial score (nSPS) is 15.0. The summed E-state index contributed by atoms with van der Waals surface area (Å²) in [5.41, 5.74) is 0.430. The molecule has 1 saturated carbocycles. The molecule has 0 amide bonds. The third-order valence-electron chi connectivity index (χ3n) is 7.10. The Morgan fingerprint density at radius 2 is 1.34 bits per heavy atom. The molecule has 0 atom stereocenters. The minimum Gasteiger partial charge on any atom is -0.207 e. The van der Waals surface area contributed by atoms with Gasteiger partial charge >= 0.3 is 0 Å². The van der Waals surface area contributed by atoms with E-state index in [1.165, 1.54) is 32.4 Å². The maximum atomic E-state index is 15.2. The zero-order valence-electron chi connectivity index (χ0n) is 20.1. The third-order valence-corrected chi connectivity index (χ3v) is 7.10. The summed E-state index contributed by atoms with van der Waals surface area (Å²) in [6.07, 6.45) is 4.33. The second-order valence-corrected chi connectivity index (χ2v) is 9.75. The Labute approximate surface area is 202 Å². The predicted octanol–water partition coefficient (Wildman–Crippen LogP) is 9.22. The van der Waals surface area contributed by atoms with Crippen LogP contribution in [0.25, 0.3) is 11.1 Å². The summed E-state index contributed by atoms with van der Waals surface area (Å²) in [4.78, 5) is 0. The first-order valence-electron chi connectivity index (χ1n) is 11.9. The fraction of sp³-hybridized carbons (Fsp3) is 0.379. The molecule has 0 heterocycles. The van der Waals surface area contributed by atoms with Crippen LogP contribution in [0.2, 0.25) is 0 Å². The summed E-state index contributed by atoms with van der Waals surface area (Å²) in [6, 6.07) is 7.31. The quantitative estimate of drug-likeness (QED) is 0.313. The maximum absolute atomic E-state index is 15.2. The summed E-state index contributed by atoms with van der Waals surface area (Å²) in [5, 5.41) is 0. The molecule has 0 unspecified atom stereocenters. The number of alkyl halides is 2. The van der Waals surface area contributed by atoms with Crippen LogP contribution < -0.4 is 0 Å². The molecule has 1 aliphatic rings. The second-order valence-electron chi connectivity index (χ2n) is 9.75. The van der Waals surface area contributed by atoms with E-state index in [9.17, 15) is 8.78 Å². The monoisotopic (exact) mass is 490 g/mol. The third kappa shape index (κ3) is 5.12. The molecule has 186 valence electrons. The Bertz CT molecular complexity index is 1190. The fourth-order valence-electron chi connectivity index (χ4n) is 5.30. The fourth-order valence-corrected chi connectivity index (χ4v) is 5.30. The van der Waals surface area contributed by atoms with Gasteiger partial charge in [0.15, 0.2) is 0 Å². The van der Waals surface area contributed by atoms with Gasteiger partial charge in [0, 0.05) is 17.5 Å². The largest absolute Gasteiger partial charge is 0.280 e. The lowest BCUT2D eigenvalue weighted by Gasteiger charge is -2.24. The Hall–Kier alpha value is -2.76. The van der Waals surface area contributed by atoms with Gasteiger partial charge in [0.25, 0.3) is 5.92 Å². The first-order chi connectivity index (χ1) is 16.5. The van der Waals surface area contributed by atoms with E-state index in [0.29, 0.717) is 11.5 Å². The van der Waals surface area contributed by atoms with E-state index in [1.807, 2.05) is 6.07 Å². The molecular weight excluding hydrogens is 462 g/mol. The van der Waals surface area contributed by atoms with Crippen molar-refractivity contribution in [3.8, 4) is 11.1 Å². The Kier molecular flexibility index (Phi) is 7.03. The van der Waals surface area contributed by atoms with Crippen molar-refractivity contribution in [2.75, 3.05) is 0 Å². The van der Waals surface area contributed by atoms with Gasteiger partial charge in [-0.1, -0.05) is 31.4 Å². The minimum absolute atomic E-state index is 0.0618. The zero-order chi connectivity index (χ0) is 25.5. The molecule has 4 rings (SSSR count). The van der Waals surface area contributed by atoms with Gasteiger partial charge in [-0.25, -0.2) is 26.3 Å². The van der Waals surface area contributed by atoms with Crippen molar-refractivity contribution >= 4 is 0 Å². The topological polar surface area (TPSA) is 0 Å². The maximum Gasteiger partial charge on any atom is 0.280 e. The van der Waals surface area contributed by atoms with Crippen molar-refractivity contribution in [1.82, 2.24) is 0 Å². The molecule has 1 aliphatic carbocycles. The van der Waals surface area contributed by atoms with E-state index < -0.39 is 41.2 Å². The summed E-state index contributed by atoms with van der Waals surface area (Å²) < 4.78 is 88.2. The van der Waals surface area contributed by atoms with Gasteiger partial charge in [0.05, 0.1) is 5.56 Å². The molecule has 0 bridgehead atoms. The van der Waals surface area contributed by atoms with Crippen LogP contribution in [0, 0.1) is 44.0 Å². The van der Waals surface area contributed by atoms with Crippen LogP contribution in [-0.4, -0.2) is 0 Å². The highest BCUT2D eigenvalue weighted by molar-refractivity contribution is 5.70. The lowest BCUT2D eigenvalue weighted by molar-refractivity contribution is -0.00802. The van der Waals surface area contributed by atoms with E-state index in [-0.39, 0.29) is 27.8 Å². The smallest absolute Gasteiger partial charge is 0.207 e. The average molecular weight is 491 g/mol. The van der Waals surface area contributed by atoms with E-state index in [0.717, 1.165) is 49.4 Å². The molecule has 0 nitrogen and oxygen atoms in total. The number of benzene rings is 3. The number of aryl methyl sites for hydroxylation is 2. The van der Waals surface area contributed by atoms with Crippen LogP contribution in [0.15, 0.2) is 36.4 Å². The van der Waals surface area contributed by atoms with Gasteiger partial charge in [-0.05, 0) is 91.6 Å². The van der Waals surface area contributed by atoms with E-state index in [2.05, 4.69) is 0 Å². The number of halogens is 6. The van der Waals surface area contributed by atoms with Gasteiger partial charge in [0.1, 0.15) is 23.3 Å². The molecule has 35 heavy (non-hydrogen) atoms. The summed E-state index contributed by atoms with van der Waals surface area (Å²) in [7, 11) is 0. The molecule has 0 spiro atoms. The van der Waals surface area contributed by atoms with Crippen LogP contribution in [-0.2, 0) is 12.3 Å². The van der Waals surface area contributed by atoms with E-state index in [4.69, 9.17) is 0 Å². The van der Waals surface area contributed by atoms with Gasteiger partial charge in [-0.2, -0.15) is 0 Å². The molecule has 3 aromatic carbocycles. The molecule has 0 aliphatic heterocycles. The molecule has 0 aromatic heterocycles. The highest BCUT2D eigenvalue weighted by Crippen LogP contribution is 2.41. The summed E-state index contributed by atoms with van der Waals surface area (Å²) in [5.74, 6) is -7.00.